The summed E-state index contributed by atoms with van der Waals surface area (Å²) in [6.45, 7) is 2.70. The van der Waals surface area contributed by atoms with Gasteiger partial charge in [0.1, 0.15) is 0 Å². The molecule has 17 heavy (non-hydrogen) atoms. The van der Waals surface area contributed by atoms with Crippen LogP contribution in [0.3, 0.4) is 0 Å². The van der Waals surface area contributed by atoms with E-state index in [0.717, 1.165) is 12.0 Å². The summed E-state index contributed by atoms with van der Waals surface area (Å²) >= 11 is 0. The van der Waals surface area contributed by atoms with Crippen molar-refractivity contribution < 1.29 is 14.3 Å². The number of rotatable bonds is 5. The Labute approximate surface area is 99.9 Å². The van der Waals surface area contributed by atoms with E-state index in [1.165, 1.54) is 0 Å². The first kappa shape index (κ1) is 13.0. The quantitative estimate of drug-likeness (QED) is 0.758. The Morgan fingerprint density at radius 2 is 1.94 bits per heavy atom. The molecule has 0 aliphatic carbocycles. The van der Waals surface area contributed by atoms with Crippen molar-refractivity contribution in [2.75, 3.05) is 6.61 Å². The van der Waals surface area contributed by atoms with Crippen LogP contribution < -0.4 is 11.1 Å². The molecule has 0 aromatic heterocycles. The maximum atomic E-state index is 11.5. The van der Waals surface area contributed by atoms with Gasteiger partial charge < -0.3 is 15.8 Å². The molecule has 0 heterocycles. The highest BCUT2D eigenvalue weighted by Gasteiger charge is 2.06. The Hall–Kier alpha value is -2.04. The fraction of sp³-hybridized carbons (Fsp3) is 0.333. The number of hydrogen-bond acceptors (Lipinski definition) is 3. The summed E-state index contributed by atoms with van der Waals surface area (Å²) in [5.41, 5.74) is 6.32. The van der Waals surface area contributed by atoms with Crippen molar-refractivity contribution in [1.82, 2.24) is 5.32 Å². The van der Waals surface area contributed by atoms with Crippen molar-refractivity contribution in [3.63, 3.8) is 0 Å². The van der Waals surface area contributed by atoms with Gasteiger partial charge in [0.15, 0.2) is 0 Å². The molecule has 0 saturated carbocycles. The minimum absolute atomic E-state index is 0.332. The molecule has 0 aliphatic heterocycles. The number of benzene rings is 1. The second-order valence-electron chi connectivity index (χ2n) is 3.55. The van der Waals surface area contributed by atoms with Crippen LogP contribution in [-0.2, 0) is 11.3 Å². The van der Waals surface area contributed by atoms with Crippen molar-refractivity contribution in [2.45, 2.75) is 19.9 Å². The zero-order valence-corrected chi connectivity index (χ0v) is 9.73. The highest BCUT2D eigenvalue weighted by Crippen LogP contribution is 2.06. The Bertz CT molecular complexity index is 387. The third-order valence-electron chi connectivity index (χ3n) is 2.09. The molecule has 0 fully saturated rings. The molecular weight excluding hydrogens is 220 g/mol. The van der Waals surface area contributed by atoms with Crippen molar-refractivity contribution in [1.29, 1.82) is 0 Å². The molecule has 1 rings (SSSR count). The summed E-state index contributed by atoms with van der Waals surface area (Å²) in [5.74, 6) is -0.332. The zero-order chi connectivity index (χ0) is 12.7. The van der Waals surface area contributed by atoms with E-state index in [9.17, 15) is 9.59 Å². The van der Waals surface area contributed by atoms with E-state index >= 15 is 0 Å². The lowest BCUT2D eigenvalue weighted by molar-refractivity contribution is 0.0505. The lowest BCUT2D eigenvalue weighted by Crippen LogP contribution is -2.28. The molecule has 0 unspecified atom stereocenters. The number of esters is 1. The Kier molecular flexibility index (Phi) is 5.00. The Morgan fingerprint density at radius 1 is 1.29 bits per heavy atom. The minimum atomic E-state index is -0.573. The van der Waals surface area contributed by atoms with Gasteiger partial charge >= 0.3 is 12.0 Å². The highest BCUT2D eigenvalue weighted by molar-refractivity contribution is 5.89. The third kappa shape index (κ3) is 4.55. The van der Waals surface area contributed by atoms with Crippen LogP contribution in [0.1, 0.15) is 29.3 Å². The van der Waals surface area contributed by atoms with Gasteiger partial charge in [0, 0.05) is 6.54 Å². The molecule has 0 saturated heterocycles. The average Bonchev–Trinajstić information content (AvgIpc) is 2.34. The van der Waals surface area contributed by atoms with Crippen molar-refractivity contribution in [2.24, 2.45) is 5.73 Å². The van der Waals surface area contributed by atoms with E-state index in [-0.39, 0.29) is 5.97 Å². The van der Waals surface area contributed by atoms with E-state index < -0.39 is 6.03 Å². The fourth-order valence-corrected chi connectivity index (χ4v) is 1.23. The van der Waals surface area contributed by atoms with Crippen molar-refractivity contribution >= 4 is 12.0 Å². The number of urea groups is 1. The number of primary amides is 1. The normalized spacial score (nSPS) is 9.71. The smallest absolute Gasteiger partial charge is 0.338 e. The number of nitrogens with one attached hydrogen (secondary N) is 1. The molecular formula is C12H16N2O3. The average molecular weight is 236 g/mol. The fourth-order valence-electron chi connectivity index (χ4n) is 1.23. The van der Waals surface area contributed by atoms with Crippen LogP contribution in [0.2, 0.25) is 0 Å². The van der Waals surface area contributed by atoms with Crippen LogP contribution in [0.15, 0.2) is 24.3 Å². The largest absolute Gasteiger partial charge is 0.462 e. The molecule has 5 heteroatoms. The molecule has 0 bridgehead atoms. The summed E-state index contributed by atoms with van der Waals surface area (Å²) in [4.78, 5) is 22.0. The van der Waals surface area contributed by atoms with Crippen LogP contribution in [0.25, 0.3) is 0 Å². The summed E-state index contributed by atoms with van der Waals surface area (Å²) in [5, 5.41) is 2.47. The second-order valence-corrected chi connectivity index (χ2v) is 3.55. The van der Waals surface area contributed by atoms with Crippen LogP contribution in [0.4, 0.5) is 4.79 Å². The van der Waals surface area contributed by atoms with Crippen LogP contribution in [0, 0.1) is 0 Å². The molecule has 2 amide bonds. The monoisotopic (exact) mass is 236 g/mol. The van der Waals surface area contributed by atoms with Crippen LogP contribution in [-0.4, -0.2) is 18.6 Å². The van der Waals surface area contributed by atoms with E-state index in [4.69, 9.17) is 10.5 Å². The lowest BCUT2D eigenvalue weighted by Gasteiger charge is -2.05. The predicted octanol–water partition coefficient (Wildman–Crippen LogP) is 1.42. The molecule has 3 N–H and O–H groups in total. The summed E-state index contributed by atoms with van der Waals surface area (Å²) in [7, 11) is 0. The van der Waals surface area contributed by atoms with Gasteiger partial charge in [-0.1, -0.05) is 19.1 Å². The molecule has 0 spiro atoms. The first-order valence-electron chi connectivity index (χ1n) is 5.43. The summed E-state index contributed by atoms with van der Waals surface area (Å²) in [6, 6.07) is 6.25. The van der Waals surface area contributed by atoms with Gasteiger partial charge in [0.25, 0.3) is 0 Å². The molecule has 92 valence electrons. The summed E-state index contributed by atoms with van der Waals surface area (Å²) in [6.07, 6.45) is 0.798. The predicted molar refractivity (Wildman–Crippen MR) is 63.4 cm³/mol. The van der Waals surface area contributed by atoms with Crippen molar-refractivity contribution in [3.8, 4) is 0 Å². The van der Waals surface area contributed by atoms with E-state index in [2.05, 4.69) is 5.32 Å². The van der Waals surface area contributed by atoms with Gasteiger partial charge in [-0.25, -0.2) is 9.59 Å². The van der Waals surface area contributed by atoms with Gasteiger partial charge in [0.05, 0.1) is 12.2 Å². The van der Waals surface area contributed by atoms with Crippen molar-refractivity contribution in [3.05, 3.63) is 35.4 Å². The third-order valence-corrected chi connectivity index (χ3v) is 2.09. The van der Waals surface area contributed by atoms with Crippen LogP contribution >= 0.6 is 0 Å². The first-order valence-corrected chi connectivity index (χ1v) is 5.43. The molecule has 0 atom stereocenters. The summed E-state index contributed by atoms with van der Waals surface area (Å²) < 4.78 is 4.99. The second kappa shape index (κ2) is 6.52. The Morgan fingerprint density at radius 3 is 2.47 bits per heavy atom. The molecule has 1 aromatic carbocycles. The van der Waals surface area contributed by atoms with Crippen LogP contribution in [0.5, 0.6) is 0 Å². The maximum Gasteiger partial charge on any atom is 0.338 e. The standard InChI is InChI=1S/C12H16N2O3/c1-2-7-17-11(15)10-5-3-9(4-6-10)8-14-12(13)16/h3-6H,2,7-8H2,1H3,(H3,13,14,16). The minimum Gasteiger partial charge on any atom is -0.462 e. The molecule has 0 aliphatic rings. The topological polar surface area (TPSA) is 81.4 Å². The van der Waals surface area contributed by atoms with E-state index in [1.54, 1.807) is 24.3 Å². The number of nitrogens with two attached hydrogens (primary N) is 1. The van der Waals surface area contributed by atoms with Gasteiger partial charge in [-0.2, -0.15) is 0 Å². The maximum absolute atomic E-state index is 11.5. The van der Waals surface area contributed by atoms with Gasteiger partial charge in [0.2, 0.25) is 0 Å². The number of amides is 2. The lowest BCUT2D eigenvalue weighted by atomic mass is 10.1. The Balaban J connectivity index is 2.55. The van der Waals surface area contributed by atoms with E-state index in [0.29, 0.717) is 18.7 Å². The van der Waals surface area contributed by atoms with Gasteiger partial charge in [-0.3, -0.25) is 0 Å². The molecule has 0 radical (unpaired) electrons. The first-order chi connectivity index (χ1) is 8.13. The zero-order valence-electron chi connectivity index (χ0n) is 9.73. The molecule has 1 aromatic rings. The number of hydrogen-bond donors (Lipinski definition) is 2. The SMILES string of the molecule is CCCOC(=O)c1ccc(CNC(N)=O)cc1. The van der Waals surface area contributed by atoms with Gasteiger partial charge in [-0.05, 0) is 24.1 Å². The number of carbonyl (C=O) groups excluding carboxylic acids is 2. The number of ether oxygens (including phenoxy) is 1. The molecule has 5 nitrogen and oxygen atoms in total. The highest BCUT2D eigenvalue weighted by atomic mass is 16.5. The number of carbonyl (C=O) groups is 2. The van der Waals surface area contributed by atoms with E-state index in [1.807, 2.05) is 6.92 Å². The van der Waals surface area contributed by atoms with Gasteiger partial charge in [-0.15, -0.1) is 0 Å².